The summed E-state index contributed by atoms with van der Waals surface area (Å²) in [5.41, 5.74) is 1.54. The maximum Gasteiger partial charge on any atom is 0.214 e. The number of sulfone groups is 1. The summed E-state index contributed by atoms with van der Waals surface area (Å²) < 4.78 is 26.2. The molecule has 27 heavy (non-hydrogen) atoms. The van der Waals surface area contributed by atoms with Crippen LogP contribution in [-0.4, -0.2) is 14.2 Å². The molecular weight excluding hydrogens is 382 g/mol. The van der Waals surface area contributed by atoms with E-state index in [4.69, 9.17) is 11.6 Å². The summed E-state index contributed by atoms with van der Waals surface area (Å²) >= 11 is 5.88. The normalized spacial score (nSPS) is 15.0. The van der Waals surface area contributed by atoms with Gasteiger partial charge in [-0.1, -0.05) is 41.9 Å². The number of rotatable bonds is 3. The van der Waals surface area contributed by atoms with Crippen LogP contribution in [0.3, 0.4) is 0 Å². The van der Waals surface area contributed by atoms with Crippen molar-refractivity contribution in [1.29, 1.82) is 0 Å². The molecule has 1 heterocycles. The van der Waals surface area contributed by atoms with Crippen molar-refractivity contribution in [2.75, 3.05) is 4.90 Å². The van der Waals surface area contributed by atoms with E-state index in [9.17, 15) is 13.2 Å². The standard InChI is InChI=1S/C21H14ClNO3S/c22-16-12-10-15(11-13-16)21(24)20-14-23(17-6-2-1-3-7-17)18-8-4-5-9-19(18)27(20,25)26/h1-14H. The lowest BCUT2D eigenvalue weighted by Crippen LogP contribution is -2.25. The topological polar surface area (TPSA) is 54.5 Å². The second-order valence-electron chi connectivity index (χ2n) is 6.01. The lowest BCUT2D eigenvalue weighted by atomic mass is 10.1. The van der Waals surface area contributed by atoms with Crippen molar-refractivity contribution >= 4 is 38.6 Å². The molecule has 6 heteroatoms. The number of anilines is 2. The molecule has 3 aromatic carbocycles. The molecule has 4 nitrogen and oxygen atoms in total. The van der Waals surface area contributed by atoms with E-state index in [2.05, 4.69) is 0 Å². The van der Waals surface area contributed by atoms with Crippen LogP contribution in [0.15, 0.2) is 94.9 Å². The summed E-state index contributed by atoms with van der Waals surface area (Å²) in [6, 6.07) is 22.1. The van der Waals surface area contributed by atoms with Gasteiger partial charge in [0.2, 0.25) is 15.6 Å². The van der Waals surface area contributed by atoms with E-state index in [1.165, 1.54) is 24.4 Å². The first-order valence-electron chi connectivity index (χ1n) is 8.19. The molecule has 1 aliphatic rings. The number of halogens is 1. The second-order valence-corrected chi connectivity index (χ2v) is 8.33. The van der Waals surface area contributed by atoms with E-state index in [1.807, 2.05) is 30.3 Å². The number of carbonyl (C=O) groups is 1. The predicted octanol–water partition coefficient (Wildman–Crippen LogP) is 4.99. The number of nitrogens with zero attached hydrogens (tertiary/aromatic N) is 1. The van der Waals surface area contributed by atoms with Gasteiger partial charge >= 0.3 is 0 Å². The van der Waals surface area contributed by atoms with Crippen LogP contribution in [0.5, 0.6) is 0 Å². The second kappa shape index (κ2) is 6.68. The van der Waals surface area contributed by atoms with Crippen molar-refractivity contribution in [2.45, 2.75) is 4.90 Å². The number of hydrogen-bond acceptors (Lipinski definition) is 4. The van der Waals surface area contributed by atoms with Gasteiger partial charge in [0.05, 0.1) is 10.6 Å². The van der Waals surface area contributed by atoms with Gasteiger partial charge in [0.15, 0.2) is 0 Å². The Labute approximate surface area is 162 Å². The molecule has 0 bridgehead atoms. The van der Waals surface area contributed by atoms with Crippen molar-refractivity contribution < 1.29 is 13.2 Å². The zero-order valence-electron chi connectivity index (χ0n) is 14.0. The molecule has 1 aliphatic heterocycles. The molecule has 0 fully saturated rings. The molecule has 0 saturated carbocycles. The van der Waals surface area contributed by atoms with E-state index in [1.54, 1.807) is 35.2 Å². The van der Waals surface area contributed by atoms with Crippen LogP contribution < -0.4 is 4.90 Å². The van der Waals surface area contributed by atoms with E-state index in [0.29, 0.717) is 10.7 Å². The molecule has 0 amide bonds. The van der Waals surface area contributed by atoms with E-state index in [0.717, 1.165) is 5.69 Å². The summed E-state index contributed by atoms with van der Waals surface area (Å²) in [6.45, 7) is 0. The highest BCUT2D eigenvalue weighted by Crippen LogP contribution is 2.40. The van der Waals surface area contributed by atoms with Crippen LogP contribution >= 0.6 is 11.6 Å². The molecule has 0 saturated heterocycles. The smallest absolute Gasteiger partial charge is 0.214 e. The molecule has 0 spiro atoms. The lowest BCUT2D eigenvalue weighted by molar-refractivity contribution is 0.104. The number of benzene rings is 3. The fraction of sp³-hybridized carbons (Fsp3) is 0. The minimum Gasteiger partial charge on any atom is -0.314 e. The fourth-order valence-electron chi connectivity index (χ4n) is 2.98. The number of Topliss-reactive ketones (excluding diaryl/α,β-unsaturated/α-hetero) is 1. The molecule has 0 aliphatic carbocycles. The van der Waals surface area contributed by atoms with Crippen molar-refractivity contribution in [3.8, 4) is 0 Å². The van der Waals surface area contributed by atoms with Crippen LogP contribution in [0, 0.1) is 0 Å². The Bertz CT molecular complexity index is 1150. The molecule has 0 atom stereocenters. The summed E-state index contributed by atoms with van der Waals surface area (Å²) in [5, 5.41) is 0.475. The van der Waals surface area contributed by atoms with Gasteiger partial charge in [-0.05, 0) is 48.5 Å². The van der Waals surface area contributed by atoms with Gasteiger partial charge < -0.3 is 4.90 Å². The summed E-state index contributed by atoms with van der Waals surface area (Å²) in [5.74, 6) is -0.567. The van der Waals surface area contributed by atoms with Gasteiger partial charge in [-0.3, -0.25) is 4.79 Å². The third-order valence-corrected chi connectivity index (χ3v) is 6.36. The van der Waals surface area contributed by atoms with Gasteiger partial charge in [0.25, 0.3) is 0 Å². The van der Waals surface area contributed by atoms with Crippen LogP contribution in [0.4, 0.5) is 11.4 Å². The van der Waals surface area contributed by atoms with Gasteiger partial charge in [-0.15, -0.1) is 0 Å². The van der Waals surface area contributed by atoms with E-state index < -0.39 is 15.6 Å². The lowest BCUT2D eigenvalue weighted by Gasteiger charge is -2.28. The first-order valence-corrected chi connectivity index (χ1v) is 10.0. The number of fused-ring (bicyclic) bond motifs is 1. The SMILES string of the molecule is O=C(C1=CN(c2ccccc2)c2ccccc2S1(=O)=O)c1ccc(Cl)cc1. The van der Waals surface area contributed by atoms with Crippen LogP contribution in [0.25, 0.3) is 0 Å². The first kappa shape index (κ1) is 17.5. The van der Waals surface area contributed by atoms with Gasteiger partial charge in [-0.2, -0.15) is 0 Å². The van der Waals surface area contributed by atoms with Crippen molar-refractivity contribution in [2.24, 2.45) is 0 Å². The third kappa shape index (κ3) is 3.05. The largest absolute Gasteiger partial charge is 0.314 e. The summed E-state index contributed by atoms with van der Waals surface area (Å²) in [4.78, 5) is 14.6. The monoisotopic (exact) mass is 395 g/mol. The minimum atomic E-state index is -3.94. The highest BCUT2D eigenvalue weighted by Gasteiger charge is 2.35. The average Bonchev–Trinajstić information content (AvgIpc) is 2.69. The predicted molar refractivity (Wildman–Crippen MR) is 106 cm³/mol. The van der Waals surface area contributed by atoms with Crippen molar-refractivity contribution in [1.82, 2.24) is 0 Å². The average molecular weight is 396 g/mol. The van der Waals surface area contributed by atoms with Crippen LogP contribution in [0.1, 0.15) is 10.4 Å². The number of allylic oxidation sites excluding steroid dienone is 1. The number of hydrogen-bond donors (Lipinski definition) is 0. The molecule has 4 rings (SSSR count). The minimum absolute atomic E-state index is 0.105. The third-order valence-electron chi connectivity index (χ3n) is 4.31. The Balaban J connectivity index is 1.91. The quantitative estimate of drug-likeness (QED) is 0.586. The Morgan fingerprint density at radius 2 is 1.44 bits per heavy atom. The highest BCUT2D eigenvalue weighted by atomic mass is 35.5. The Kier molecular flexibility index (Phi) is 4.34. The fourth-order valence-corrected chi connectivity index (χ4v) is 4.65. The molecule has 0 aromatic heterocycles. The molecule has 0 unspecified atom stereocenters. The summed E-state index contributed by atoms with van der Waals surface area (Å²) in [6.07, 6.45) is 1.39. The maximum atomic E-state index is 13.1. The van der Waals surface area contributed by atoms with Crippen molar-refractivity contribution in [3.63, 3.8) is 0 Å². The van der Waals surface area contributed by atoms with Crippen LogP contribution in [-0.2, 0) is 9.84 Å². The first-order chi connectivity index (χ1) is 13.0. The summed E-state index contributed by atoms with van der Waals surface area (Å²) in [7, 11) is -3.94. The number of carbonyl (C=O) groups excluding carboxylic acids is 1. The maximum absolute atomic E-state index is 13.1. The molecular formula is C21H14ClNO3S. The number of para-hydroxylation sites is 2. The zero-order valence-corrected chi connectivity index (χ0v) is 15.6. The molecule has 3 aromatic rings. The zero-order chi connectivity index (χ0) is 19.0. The van der Waals surface area contributed by atoms with Crippen molar-refractivity contribution in [3.05, 3.63) is 101 Å². The van der Waals surface area contributed by atoms with Gasteiger partial charge in [0.1, 0.15) is 4.91 Å². The Morgan fingerprint density at radius 1 is 0.815 bits per heavy atom. The Morgan fingerprint density at radius 3 is 2.15 bits per heavy atom. The molecule has 0 N–H and O–H groups in total. The molecule has 0 radical (unpaired) electrons. The molecule has 134 valence electrons. The van der Waals surface area contributed by atoms with Gasteiger partial charge in [0, 0.05) is 22.5 Å². The van der Waals surface area contributed by atoms with Gasteiger partial charge in [-0.25, -0.2) is 8.42 Å². The van der Waals surface area contributed by atoms with E-state index >= 15 is 0 Å². The van der Waals surface area contributed by atoms with Crippen LogP contribution in [0.2, 0.25) is 5.02 Å². The highest BCUT2D eigenvalue weighted by molar-refractivity contribution is 7.96. The Hall–Kier alpha value is -2.89. The number of ketones is 1. The van der Waals surface area contributed by atoms with E-state index in [-0.39, 0.29) is 15.4 Å².